The van der Waals surface area contributed by atoms with Gasteiger partial charge in [0.05, 0.1) is 23.4 Å². The van der Waals surface area contributed by atoms with E-state index in [2.05, 4.69) is 32.5 Å². The number of carbonyl (C=O) groups is 2. The van der Waals surface area contributed by atoms with Gasteiger partial charge < -0.3 is 25.6 Å². The summed E-state index contributed by atoms with van der Waals surface area (Å²) in [6.45, 7) is 10.2. The van der Waals surface area contributed by atoms with Crippen LogP contribution < -0.4 is 16.0 Å². The van der Waals surface area contributed by atoms with Crippen LogP contribution in [-0.2, 0) is 9.53 Å². The van der Waals surface area contributed by atoms with Crippen LogP contribution in [0.25, 0.3) is 22.0 Å². The largest absolute Gasteiger partial charge is 0.444 e. The highest BCUT2D eigenvalue weighted by Crippen LogP contribution is 2.30. The molecule has 2 aromatic heterocycles. The van der Waals surface area contributed by atoms with Gasteiger partial charge in [0.15, 0.2) is 0 Å². The van der Waals surface area contributed by atoms with Crippen molar-refractivity contribution in [2.75, 3.05) is 29.0 Å². The van der Waals surface area contributed by atoms with Crippen molar-refractivity contribution >= 4 is 46.0 Å². The van der Waals surface area contributed by atoms with E-state index < -0.39 is 5.60 Å². The van der Waals surface area contributed by atoms with Gasteiger partial charge >= 0.3 is 6.09 Å². The molecule has 0 spiro atoms. The Labute approximate surface area is 232 Å². The maximum absolute atomic E-state index is 12.1. The molecule has 3 N–H and O–H groups in total. The molecule has 0 bridgehead atoms. The molecular formula is C30H31N7O3. The Morgan fingerprint density at radius 3 is 2.55 bits per heavy atom. The number of anilines is 4. The van der Waals surface area contributed by atoms with Crippen LogP contribution in [-0.4, -0.2) is 56.6 Å². The normalized spacial score (nSPS) is 13.3. The Morgan fingerprint density at radius 2 is 1.82 bits per heavy atom. The number of hydrogen-bond donors (Lipinski definition) is 3. The van der Waals surface area contributed by atoms with Crippen molar-refractivity contribution in [2.24, 2.45) is 0 Å². The van der Waals surface area contributed by atoms with Crippen molar-refractivity contribution in [3.8, 4) is 11.1 Å². The second-order valence-corrected chi connectivity index (χ2v) is 10.5. The minimum atomic E-state index is -0.508. The number of para-hydroxylation sites is 1. The van der Waals surface area contributed by atoms with Crippen molar-refractivity contribution in [2.45, 2.75) is 32.4 Å². The van der Waals surface area contributed by atoms with Gasteiger partial charge in [-0.15, -0.1) is 0 Å². The Bertz CT molecular complexity index is 1560. The van der Waals surface area contributed by atoms with Crippen molar-refractivity contribution < 1.29 is 14.3 Å². The van der Waals surface area contributed by atoms with Crippen LogP contribution in [0.2, 0.25) is 0 Å². The number of likely N-dealkylation sites (tertiary alicyclic amines) is 1. The molecule has 1 aliphatic rings. The minimum Gasteiger partial charge on any atom is -0.444 e. The van der Waals surface area contributed by atoms with E-state index in [1.165, 1.54) is 6.08 Å². The summed E-state index contributed by atoms with van der Waals surface area (Å²) in [5.41, 5.74) is 3.50. The monoisotopic (exact) mass is 537 g/mol. The zero-order chi connectivity index (χ0) is 28.3. The Morgan fingerprint density at radius 1 is 1.02 bits per heavy atom. The van der Waals surface area contributed by atoms with Gasteiger partial charge in [-0.3, -0.25) is 4.79 Å². The first-order valence-corrected chi connectivity index (χ1v) is 12.9. The molecule has 0 aliphatic carbocycles. The Hall–Kier alpha value is -4.99. The van der Waals surface area contributed by atoms with E-state index in [4.69, 9.17) is 9.72 Å². The SMILES string of the molecule is C=CC(=O)Nc1cccc(-c2cccc3cnc(Nc4ccc(NC5CN(C(=O)OC(C)(C)C)C5)nc4)nc23)c1. The molecule has 4 aromatic rings. The first-order valence-electron chi connectivity index (χ1n) is 12.9. The fourth-order valence-electron chi connectivity index (χ4n) is 4.24. The molecule has 0 radical (unpaired) electrons. The number of amides is 2. The third-order valence-corrected chi connectivity index (χ3v) is 6.14. The second-order valence-electron chi connectivity index (χ2n) is 10.5. The number of benzene rings is 2. The number of nitrogens with zero attached hydrogens (tertiary/aromatic N) is 4. The zero-order valence-corrected chi connectivity index (χ0v) is 22.6. The average molecular weight is 538 g/mol. The molecule has 1 fully saturated rings. The van der Waals surface area contributed by atoms with Crippen LogP contribution in [0, 0.1) is 0 Å². The van der Waals surface area contributed by atoms with Gasteiger partial charge in [0, 0.05) is 35.9 Å². The van der Waals surface area contributed by atoms with Gasteiger partial charge in [-0.2, -0.15) is 0 Å². The summed E-state index contributed by atoms with van der Waals surface area (Å²) >= 11 is 0. The summed E-state index contributed by atoms with van der Waals surface area (Å²) < 4.78 is 5.40. The molecule has 10 heteroatoms. The molecule has 5 rings (SSSR count). The highest BCUT2D eigenvalue weighted by Gasteiger charge is 2.33. The van der Waals surface area contributed by atoms with E-state index in [1.54, 1.807) is 17.3 Å². The van der Waals surface area contributed by atoms with E-state index in [0.717, 1.165) is 27.7 Å². The summed E-state index contributed by atoms with van der Waals surface area (Å²) in [4.78, 5) is 39.3. The maximum Gasteiger partial charge on any atom is 0.410 e. The Kier molecular flexibility index (Phi) is 7.33. The van der Waals surface area contributed by atoms with Gasteiger partial charge in [-0.1, -0.05) is 36.9 Å². The summed E-state index contributed by atoms with van der Waals surface area (Å²) in [6, 6.07) is 17.3. The summed E-state index contributed by atoms with van der Waals surface area (Å²) in [7, 11) is 0. The lowest BCUT2D eigenvalue weighted by molar-refractivity contribution is -0.111. The van der Waals surface area contributed by atoms with Crippen molar-refractivity contribution in [3.63, 3.8) is 0 Å². The topological polar surface area (TPSA) is 121 Å². The second kappa shape index (κ2) is 11.0. The van der Waals surface area contributed by atoms with Crippen LogP contribution in [0.15, 0.2) is 79.6 Å². The molecule has 1 aliphatic heterocycles. The number of rotatable bonds is 7. The molecule has 3 heterocycles. The number of nitrogens with one attached hydrogen (secondary N) is 3. The predicted octanol–water partition coefficient (Wildman–Crippen LogP) is 5.59. The van der Waals surface area contributed by atoms with Gasteiger partial charge in [0.25, 0.3) is 0 Å². The summed E-state index contributed by atoms with van der Waals surface area (Å²) in [6.07, 6.45) is 4.41. The lowest BCUT2D eigenvalue weighted by Gasteiger charge is -2.40. The standard InChI is InChI=1S/C30H31N7O3/c1-5-26(38)34-21-10-6-8-19(14-21)24-11-7-9-20-15-32-28(36-27(20)24)35-22-12-13-25(31-16-22)33-23-17-37(18-23)29(39)40-30(2,3)4/h5-16,23H,1,17-18H2,2-4H3,(H,31,33)(H,34,38)(H,32,35,36). The molecule has 0 unspecified atom stereocenters. The third kappa shape index (κ3) is 6.35. The van der Waals surface area contributed by atoms with Gasteiger partial charge in [0.2, 0.25) is 11.9 Å². The van der Waals surface area contributed by atoms with Crippen LogP contribution in [0.3, 0.4) is 0 Å². The smallest absolute Gasteiger partial charge is 0.410 e. The fourth-order valence-corrected chi connectivity index (χ4v) is 4.24. The first kappa shape index (κ1) is 26.6. The van der Waals surface area contributed by atoms with E-state index in [-0.39, 0.29) is 18.0 Å². The van der Waals surface area contributed by atoms with Crippen LogP contribution >= 0.6 is 0 Å². The molecule has 0 saturated carbocycles. The van der Waals surface area contributed by atoms with Gasteiger partial charge in [-0.25, -0.2) is 19.7 Å². The number of aromatic nitrogens is 3. The minimum absolute atomic E-state index is 0.115. The first-order chi connectivity index (χ1) is 19.2. The maximum atomic E-state index is 12.1. The molecule has 10 nitrogen and oxygen atoms in total. The average Bonchev–Trinajstić information content (AvgIpc) is 2.90. The number of hydrogen-bond acceptors (Lipinski definition) is 8. The highest BCUT2D eigenvalue weighted by molar-refractivity contribution is 6.00. The summed E-state index contributed by atoms with van der Waals surface area (Å²) in [5, 5.41) is 10.2. The van der Waals surface area contributed by atoms with Crippen LogP contribution in [0.1, 0.15) is 20.8 Å². The van der Waals surface area contributed by atoms with Gasteiger partial charge in [-0.05, 0) is 56.7 Å². The van der Waals surface area contributed by atoms with E-state index in [1.807, 2.05) is 75.4 Å². The fraction of sp³-hybridized carbons (Fsp3) is 0.233. The van der Waals surface area contributed by atoms with Gasteiger partial charge in [0.1, 0.15) is 11.4 Å². The van der Waals surface area contributed by atoms with E-state index in [0.29, 0.717) is 30.5 Å². The molecule has 1 saturated heterocycles. The molecular weight excluding hydrogens is 506 g/mol. The van der Waals surface area contributed by atoms with Crippen molar-refractivity contribution in [1.29, 1.82) is 0 Å². The number of pyridine rings is 1. The van der Waals surface area contributed by atoms with Crippen LogP contribution in [0.4, 0.5) is 27.9 Å². The lowest BCUT2D eigenvalue weighted by Crippen LogP contribution is -2.58. The highest BCUT2D eigenvalue weighted by atomic mass is 16.6. The molecule has 0 atom stereocenters. The van der Waals surface area contributed by atoms with Crippen molar-refractivity contribution in [3.05, 3.63) is 79.6 Å². The third-order valence-electron chi connectivity index (χ3n) is 6.14. The quantitative estimate of drug-likeness (QED) is 0.261. The van der Waals surface area contributed by atoms with Crippen molar-refractivity contribution in [1.82, 2.24) is 19.9 Å². The molecule has 40 heavy (non-hydrogen) atoms. The lowest BCUT2D eigenvalue weighted by atomic mass is 10.0. The molecule has 2 aromatic carbocycles. The molecule has 204 valence electrons. The number of fused-ring (bicyclic) bond motifs is 1. The summed E-state index contributed by atoms with van der Waals surface area (Å²) in [5.74, 6) is 0.879. The zero-order valence-electron chi connectivity index (χ0n) is 22.6. The van der Waals surface area contributed by atoms with E-state index >= 15 is 0 Å². The van der Waals surface area contributed by atoms with Crippen LogP contribution in [0.5, 0.6) is 0 Å². The van der Waals surface area contributed by atoms with E-state index in [9.17, 15) is 9.59 Å². The number of carbonyl (C=O) groups excluding carboxylic acids is 2. The molecule has 2 amide bonds. The predicted molar refractivity (Wildman–Crippen MR) is 157 cm³/mol. The number of ether oxygens (including phenoxy) is 1. The Balaban J connectivity index is 1.25.